The number of Topliss-reactive ketones (excluding diaryl/α,β-unsaturated/α-hetero) is 3. The van der Waals surface area contributed by atoms with Crippen LogP contribution in [0, 0.1) is 0 Å². The molecule has 1 heterocycles. The Morgan fingerprint density at radius 2 is 1.35 bits per heavy atom. The first-order valence-corrected chi connectivity index (χ1v) is 6.45. The molecule has 0 spiro atoms. The quantitative estimate of drug-likeness (QED) is 0.385. The molecule has 5 atom stereocenters. The van der Waals surface area contributed by atoms with Gasteiger partial charge in [-0.15, -0.1) is 0 Å². The van der Waals surface area contributed by atoms with E-state index in [0.29, 0.717) is 20.8 Å². The molecule has 0 aliphatic carbocycles. The molecule has 1 aliphatic rings. The average Bonchev–Trinajstić information content (AvgIpc) is 2.46. The van der Waals surface area contributed by atoms with Gasteiger partial charge >= 0.3 is 5.97 Å². The topological polar surface area (TPSA) is 168 Å². The fourth-order valence-electron chi connectivity index (χ4n) is 2.72. The molecular weight excluding hydrogens is 316 g/mol. The van der Waals surface area contributed by atoms with Gasteiger partial charge in [-0.3, -0.25) is 14.4 Å². The van der Waals surface area contributed by atoms with E-state index in [9.17, 15) is 39.6 Å². The molecule has 1 fully saturated rings. The van der Waals surface area contributed by atoms with E-state index in [1.54, 1.807) is 0 Å². The summed E-state index contributed by atoms with van der Waals surface area (Å²) in [6, 6.07) is 0. The third-order valence-corrected chi connectivity index (χ3v) is 4.10. The van der Waals surface area contributed by atoms with Gasteiger partial charge in [0.05, 0.1) is 7.11 Å². The number of hydrogen-bond donors (Lipinski definition) is 4. The molecule has 1 aliphatic heterocycles. The molecule has 0 bridgehead atoms. The van der Waals surface area contributed by atoms with Gasteiger partial charge in [-0.2, -0.15) is 0 Å². The number of esters is 1. The fourth-order valence-corrected chi connectivity index (χ4v) is 2.72. The number of aliphatic hydroxyl groups excluding tert-OH is 1. The van der Waals surface area contributed by atoms with Gasteiger partial charge in [0.25, 0.3) is 0 Å². The number of aliphatic hydroxyl groups is 4. The Labute approximate surface area is 130 Å². The molecule has 0 saturated carbocycles. The zero-order valence-corrected chi connectivity index (χ0v) is 12.9. The van der Waals surface area contributed by atoms with Crippen molar-refractivity contribution in [1.29, 1.82) is 0 Å². The first-order chi connectivity index (χ1) is 10.3. The summed E-state index contributed by atoms with van der Waals surface area (Å²) in [7, 11) is 0.858. The van der Waals surface area contributed by atoms with Crippen LogP contribution in [0.3, 0.4) is 0 Å². The van der Waals surface area contributed by atoms with Crippen molar-refractivity contribution in [2.24, 2.45) is 0 Å². The molecule has 0 radical (unpaired) electrons. The van der Waals surface area contributed by atoms with Gasteiger partial charge in [-0.25, -0.2) is 4.79 Å². The first kappa shape index (κ1) is 19.3. The second-order valence-electron chi connectivity index (χ2n) is 5.30. The van der Waals surface area contributed by atoms with Crippen molar-refractivity contribution in [3.05, 3.63) is 0 Å². The van der Waals surface area contributed by atoms with E-state index in [2.05, 4.69) is 9.47 Å². The first-order valence-electron chi connectivity index (χ1n) is 6.45. The van der Waals surface area contributed by atoms with E-state index in [0.717, 1.165) is 7.11 Å². The molecular formula is C13H18O10. The lowest BCUT2D eigenvalue weighted by atomic mass is 9.61. The van der Waals surface area contributed by atoms with Gasteiger partial charge in [0, 0.05) is 0 Å². The largest absolute Gasteiger partial charge is 0.467 e. The predicted molar refractivity (Wildman–Crippen MR) is 69.8 cm³/mol. The van der Waals surface area contributed by atoms with Crippen LogP contribution in [-0.2, 0) is 28.7 Å². The molecule has 10 heteroatoms. The van der Waals surface area contributed by atoms with Gasteiger partial charge < -0.3 is 29.9 Å². The second kappa shape index (κ2) is 5.73. The van der Waals surface area contributed by atoms with Crippen LogP contribution in [0.5, 0.6) is 0 Å². The Kier molecular flexibility index (Phi) is 4.81. The maximum absolute atomic E-state index is 12.0. The number of carbonyl (C=O) groups is 4. The SMILES string of the molecule is COC(=O)[C@H]1O[C@@H](O)[C@@](O)(C(C)=O)[C@](O)(C(C)=O)[C@@]1(O)C(C)=O. The molecule has 130 valence electrons. The van der Waals surface area contributed by atoms with E-state index in [4.69, 9.17) is 0 Å². The highest BCUT2D eigenvalue weighted by atomic mass is 16.7. The Bertz CT molecular complexity index is 571. The van der Waals surface area contributed by atoms with E-state index in [1.807, 2.05) is 0 Å². The van der Waals surface area contributed by atoms with E-state index in [-0.39, 0.29) is 0 Å². The van der Waals surface area contributed by atoms with Crippen molar-refractivity contribution in [2.75, 3.05) is 7.11 Å². The van der Waals surface area contributed by atoms with Crippen LogP contribution in [0.1, 0.15) is 20.8 Å². The van der Waals surface area contributed by atoms with E-state index >= 15 is 0 Å². The molecule has 0 aromatic heterocycles. The number of carbonyl (C=O) groups excluding carboxylic acids is 4. The van der Waals surface area contributed by atoms with Crippen LogP contribution in [0.4, 0.5) is 0 Å². The smallest absolute Gasteiger partial charge is 0.338 e. The van der Waals surface area contributed by atoms with Crippen LogP contribution < -0.4 is 0 Å². The molecule has 0 aromatic carbocycles. The summed E-state index contributed by atoms with van der Waals surface area (Å²) >= 11 is 0. The third kappa shape index (κ3) is 2.14. The minimum Gasteiger partial charge on any atom is -0.467 e. The van der Waals surface area contributed by atoms with Crippen LogP contribution in [-0.4, -0.2) is 80.1 Å². The maximum Gasteiger partial charge on any atom is 0.338 e. The molecule has 4 N–H and O–H groups in total. The fraction of sp³-hybridized carbons (Fsp3) is 0.692. The molecule has 0 unspecified atom stereocenters. The van der Waals surface area contributed by atoms with Crippen molar-refractivity contribution >= 4 is 23.3 Å². The van der Waals surface area contributed by atoms with Gasteiger partial charge in [0.15, 0.2) is 35.3 Å². The Hall–Kier alpha value is -1.72. The third-order valence-electron chi connectivity index (χ3n) is 4.10. The molecule has 0 amide bonds. The van der Waals surface area contributed by atoms with Gasteiger partial charge in [0.2, 0.25) is 11.2 Å². The highest BCUT2D eigenvalue weighted by molar-refractivity contribution is 6.07. The van der Waals surface area contributed by atoms with Crippen LogP contribution >= 0.6 is 0 Å². The summed E-state index contributed by atoms with van der Waals surface area (Å²) in [6.07, 6.45) is -4.94. The maximum atomic E-state index is 12.0. The highest BCUT2D eigenvalue weighted by Gasteiger charge is 2.79. The van der Waals surface area contributed by atoms with Crippen LogP contribution in [0.25, 0.3) is 0 Å². The summed E-state index contributed by atoms with van der Waals surface area (Å²) in [4.78, 5) is 47.4. The van der Waals surface area contributed by atoms with Crippen molar-refractivity contribution < 1.29 is 49.1 Å². The number of hydrogen-bond acceptors (Lipinski definition) is 10. The normalized spacial score (nSPS) is 40.3. The lowest BCUT2D eigenvalue weighted by Gasteiger charge is -2.55. The standard InChI is InChI=1S/C13H18O10/c1-5(14)11(19)8(9(17)22-4)23-10(18)12(20,6(2)15)13(11,21)7(3)16/h8,10,18-21H,1-4H3/t8-,10-,11-,12+,13+/m1/s1. The number of methoxy groups -OCH3 is 1. The van der Waals surface area contributed by atoms with Gasteiger partial charge in [0.1, 0.15) is 0 Å². The monoisotopic (exact) mass is 334 g/mol. The highest BCUT2D eigenvalue weighted by Crippen LogP contribution is 2.46. The van der Waals surface area contributed by atoms with Crippen LogP contribution in [0.2, 0.25) is 0 Å². The van der Waals surface area contributed by atoms with Crippen molar-refractivity contribution in [2.45, 2.75) is 50.0 Å². The predicted octanol–water partition coefficient (Wildman–Crippen LogP) is -3.16. The molecule has 1 saturated heterocycles. The van der Waals surface area contributed by atoms with Crippen molar-refractivity contribution in [3.63, 3.8) is 0 Å². The van der Waals surface area contributed by atoms with E-state index in [1.165, 1.54) is 0 Å². The molecule has 10 nitrogen and oxygen atoms in total. The molecule has 23 heavy (non-hydrogen) atoms. The van der Waals surface area contributed by atoms with Crippen molar-refractivity contribution in [1.82, 2.24) is 0 Å². The van der Waals surface area contributed by atoms with E-state index < -0.39 is 52.5 Å². The summed E-state index contributed by atoms with van der Waals surface area (Å²) < 4.78 is 8.97. The van der Waals surface area contributed by atoms with Gasteiger partial charge in [-0.1, -0.05) is 0 Å². The number of ketones is 3. The molecule has 0 aromatic rings. The molecule has 1 rings (SSSR count). The summed E-state index contributed by atoms with van der Waals surface area (Å²) in [6.45, 7) is 2.05. The summed E-state index contributed by atoms with van der Waals surface area (Å²) in [5, 5.41) is 41.6. The minimum absolute atomic E-state index is 0.661. The Morgan fingerprint density at radius 3 is 1.65 bits per heavy atom. The summed E-state index contributed by atoms with van der Waals surface area (Å²) in [5.41, 5.74) is -10.3. The lowest BCUT2D eigenvalue weighted by molar-refractivity contribution is -0.352. The van der Waals surface area contributed by atoms with Gasteiger partial charge in [-0.05, 0) is 20.8 Å². The minimum atomic E-state index is -3.55. The zero-order valence-electron chi connectivity index (χ0n) is 12.9. The second-order valence-corrected chi connectivity index (χ2v) is 5.30. The lowest BCUT2D eigenvalue weighted by Crippen LogP contribution is -2.86. The zero-order chi connectivity index (χ0) is 18.4. The van der Waals surface area contributed by atoms with Crippen molar-refractivity contribution in [3.8, 4) is 0 Å². The number of ether oxygens (including phenoxy) is 2. The Balaban J connectivity index is 3.85. The average molecular weight is 334 g/mol. The Morgan fingerprint density at radius 1 is 0.913 bits per heavy atom. The van der Waals surface area contributed by atoms with Crippen LogP contribution in [0.15, 0.2) is 0 Å². The number of rotatable bonds is 4. The summed E-state index contributed by atoms with van der Waals surface area (Å²) in [5.74, 6) is -5.58.